The fourth-order valence-electron chi connectivity index (χ4n) is 1.01. The smallest absolute Gasteiger partial charge is 0.341 e. The van der Waals surface area contributed by atoms with Crippen LogP contribution in [0.5, 0.6) is 0 Å². The first-order chi connectivity index (χ1) is 7.34. The van der Waals surface area contributed by atoms with Crippen LogP contribution in [0, 0.1) is 5.82 Å². The molecule has 0 aliphatic rings. The summed E-state index contributed by atoms with van der Waals surface area (Å²) in [6, 6.07) is 1.54. The fraction of sp³-hybridized carbons (Fsp3) is 0.222. The average molecular weight is 236 g/mol. The van der Waals surface area contributed by atoms with E-state index in [1.807, 2.05) is 0 Å². The van der Waals surface area contributed by atoms with Gasteiger partial charge in [-0.05, 0) is 18.2 Å². The van der Waals surface area contributed by atoms with Crippen molar-refractivity contribution in [2.75, 3.05) is 12.4 Å². The van der Waals surface area contributed by atoms with Crippen molar-refractivity contribution in [1.82, 2.24) is 5.32 Å². The lowest BCUT2D eigenvalue weighted by Crippen LogP contribution is -2.24. The van der Waals surface area contributed by atoms with E-state index in [2.05, 4.69) is 10.6 Å². The number of alkyl halides is 3. The SMILES string of the molecule is CNC(=O)Nc1ccc(F)c(C(F)(F)F)c1. The van der Waals surface area contributed by atoms with Gasteiger partial charge in [-0.25, -0.2) is 9.18 Å². The van der Waals surface area contributed by atoms with E-state index in [1.165, 1.54) is 7.05 Å². The second-order valence-corrected chi connectivity index (χ2v) is 2.90. The van der Waals surface area contributed by atoms with Crippen molar-refractivity contribution in [3.63, 3.8) is 0 Å². The minimum atomic E-state index is -4.79. The van der Waals surface area contributed by atoms with Gasteiger partial charge in [-0.3, -0.25) is 0 Å². The summed E-state index contributed by atoms with van der Waals surface area (Å²) in [7, 11) is 1.31. The molecule has 0 aromatic heterocycles. The molecule has 0 aliphatic heterocycles. The van der Waals surface area contributed by atoms with Crippen molar-refractivity contribution in [3.05, 3.63) is 29.6 Å². The molecule has 0 fully saturated rings. The normalized spacial score (nSPS) is 11.1. The second-order valence-electron chi connectivity index (χ2n) is 2.90. The monoisotopic (exact) mass is 236 g/mol. The van der Waals surface area contributed by atoms with E-state index in [0.717, 1.165) is 6.07 Å². The van der Waals surface area contributed by atoms with Crippen molar-refractivity contribution >= 4 is 11.7 Å². The number of amides is 2. The fourth-order valence-corrected chi connectivity index (χ4v) is 1.01. The van der Waals surface area contributed by atoms with Gasteiger partial charge in [0.25, 0.3) is 0 Å². The lowest BCUT2D eigenvalue weighted by Gasteiger charge is -2.10. The summed E-state index contributed by atoms with van der Waals surface area (Å²) in [5, 5.41) is 4.28. The number of rotatable bonds is 1. The van der Waals surface area contributed by atoms with E-state index in [4.69, 9.17) is 0 Å². The van der Waals surface area contributed by atoms with Crippen LogP contribution in [0.1, 0.15) is 5.56 Å². The molecule has 1 aromatic carbocycles. The van der Waals surface area contributed by atoms with E-state index in [1.54, 1.807) is 0 Å². The van der Waals surface area contributed by atoms with Gasteiger partial charge in [-0.2, -0.15) is 13.2 Å². The van der Waals surface area contributed by atoms with Gasteiger partial charge < -0.3 is 10.6 Å². The zero-order chi connectivity index (χ0) is 12.3. The van der Waals surface area contributed by atoms with E-state index in [-0.39, 0.29) is 5.69 Å². The van der Waals surface area contributed by atoms with E-state index >= 15 is 0 Å². The number of hydrogen-bond acceptors (Lipinski definition) is 1. The highest BCUT2D eigenvalue weighted by molar-refractivity contribution is 5.89. The maximum atomic E-state index is 12.8. The van der Waals surface area contributed by atoms with Crippen LogP contribution in [-0.2, 0) is 6.18 Å². The lowest BCUT2D eigenvalue weighted by molar-refractivity contribution is -0.139. The number of carbonyl (C=O) groups excluding carboxylic acids is 1. The van der Waals surface area contributed by atoms with Gasteiger partial charge in [0.1, 0.15) is 5.82 Å². The Morgan fingerprint density at radius 3 is 2.44 bits per heavy atom. The first-order valence-corrected chi connectivity index (χ1v) is 4.20. The molecular weight excluding hydrogens is 228 g/mol. The van der Waals surface area contributed by atoms with Crippen LogP contribution in [0.3, 0.4) is 0 Å². The summed E-state index contributed by atoms with van der Waals surface area (Å²) in [6.45, 7) is 0. The second kappa shape index (κ2) is 4.38. The van der Waals surface area contributed by atoms with Gasteiger partial charge in [0.2, 0.25) is 0 Å². The Bertz CT molecular complexity index is 403. The van der Waals surface area contributed by atoms with Gasteiger partial charge in [0, 0.05) is 12.7 Å². The Morgan fingerprint density at radius 1 is 1.31 bits per heavy atom. The van der Waals surface area contributed by atoms with Crippen molar-refractivity contribution in [3.8, 4) is 0 Å². The molecule has 0 saturated heterocycles. The first kappa shape index (κ1) is 12.3. The minimum absolute atomic E-state index is 0.131. The summed E-state index contributed by atoms with van der Waals surface area (Å²) in [5.41, 5.74) is -1.55. The first-order valence-electron chi connectivity index (χ1n) is 4.20. The minimum Gasteiger partial charge on any atom is -0.341 e. The topological polar surface area (TPSA) is 41.1 Å². The molecule has 0 bridgehead atoms. The van der Waals surface area contributed by atoms with Crippen LogP contribution in [-0.4, -0.2) is 13.1 Å². The van der Waals surface area contributed by atoms with Gasteiger partial charge in [0.15, 0.2) is 0 Å². The number of halogens is 4. The third kappa shape index (κ3) is 2.85. The third-order valence-electron chi connectivity index (χ3n) is 1.76. The van der Waals surface area contributed by atoms with Crippen LogP contribution in [0.25, 0.3) is 0 Å². The Hall–Kier alpha value is -1.79. The lowest BCUT2D eigenvalue weighted by atomic mass is 10.2. The van der Waals surface area contributed by atoms with Crippen LogP contribution in [0.2, 0.25) is 0 Å². The number of benzene rings is 1. The molecule has 7 heteroatoms. The van der Waals surface area contributed by atoms with Crippen molar-refractivity contribution in [2.45, 2.75) is 6.18 Å². The van der Waals surface area contributed by atoms with Gasteiger partial charge in [-0.15, -0.1) is 0 Å². The van der Waals surface area contributed by atoms with Crippen LogP contribution in [0.15, 0.2) is 18.2 Å². The van der Waals surface area contributed by atoms with Crippen LogP contribution >= 0.6 is 0 Å². The molecule has 88 valence electrons. The summed E-state index contributed by atoms with van der Waals surface area (Å²) < 4.78 is 49.7. The molecule has 3 nitrogen and oxygen atoms in total. The molecule has 16 heavy (non-hydrogen) atoms. The van der Waals surface area contributed by atoms with E-state index < -0.39 is 23.6 Å². The number of carbonyl (C=O) groups is 1. The molecule has 0 saturated carbocycles. The summed E-state index contributed by atoms with van der Waals surface area (Å²) in [6.07, 6.45) is -4.79. The molecule has 0 unspecified atom stereocenters. The molecule has 1 rings (SSSR count). The molecule has 0 atom stereocenters. The largest absolute Gasteiger partial charge is 0.419 e. The molecule has 0 radical (unpaired) electrons. The van der Waals surface area contributed by atoms with Gasteiger partial charge in [0.05, 0.1) is 5.56 Å². The maximum Gasteiger partial charge on any atom is 0.419 e. The zero-order valence-corrected chi connectivity index (χ0v) is 8.15. The Labute approximate surface area is 88.4 Å². The molecule has 0 heterocycles. The zero-order valence-electron chi connectivity index (χ0n) is 8.15. The quantitative estimate of drug-likeness (QED) is 0.723. The molecule has 2 amide bonds. The van der Waals surface area contributed by atoms with E-state index in [0.29, 0.717) is 12.1 Å². The Morgan fingerprint density at radius 2 is 1.94 bits per heavy atom. The number of nitrogens with one attached hydrogen (secondary N) is 2. The van der Waals surface area contributed by atoms with Gasteiger partial charge in [-0.1, -0.05) is 0 Å². The Kier molecular flexibility index (Phi) is 3.36. The molecule has 0 spiro atoms. The summed E-state index contributed by atoms with van der Waals surface area (Å²) in [4.78, 5) is 10.8. The molecular formula is C9H8F4N2O. The number of hydrogen-bond donors (Lipinski definition) is 2. The van der Waals surface area contributed by atoms with Crippen LogP contribution < -0.4 is 10.6 Å². The van der Waals surface area contributed by atoms with Crippen molar-refractivity contribution in [2.24, 2.45) is 0 Å². The Balaban J connectivity index is 3.03. The molecule has 1 aromatic rings. The summed E-state index contributed by atoms with van der Waals surface area (Å²) >= 11 is 0. The van der Waals surface area contributed by atoms with Crippen molar-refractivity contribution in [1.29, 1.82) is 0 Å². The van der Waals surface area contributed by atoms with Gasteiger partial charge >= 0.3 is 12.2 Å². The highest BCUT2D eigenvalue weighted by Gasteiger charge is 2.34. The molecule has 0 aliphatic carbocycles. The predicted molar refractivity (Wildman–Crippen MR) is 49.5 cm³/mol. The predicted octanol–water partition coefficient (Wildman–Crippen LogP) is 2.60. The molecule has 2 N–H and O–H groups in total. The van der Waals surface area contributed by atoms with E-state index in [9.17, 15) is 22.4 Å². The number of anilines is 1. The number of urea groups is 1. The maximum absolute atomic E-state index is 12.8. The highest BCUT2D eigenvalue weighted by atomic mass is 19.4. The standard InChI is InChI=1S/C9H8F4N2O/c1-14-8(16)15-5-2-3-7(10)6(4-5)9(11,12)13/h2-4H,1H3,(H2,14,15,16). The highest BCUT2D eigenvalue weighted by Crippen LogP contribution is 2.32. The summed E-state index contributed by atoms with van der Waals surface area (Å²) in [5.74, 6) is -1.38. The average Bonchev–Trinajstić information content (AvgIpc) is 2.19. The van der Waals surface area contributed by atoms with Crippen molar-refractivity contribution < 1.29 is 22.4 Å². The van der Waals surface area contributed by atoms with Crippen LogP contribution in [0.4, 0.5) is 28.0 Å². The third-order valence-corrected chi connectivity index (χ3v) is 1.76.